The van der Waals surface area contributed by atoms with Gasteiger partial charge in [0, 0.05) is 5.56 Å². The number of hydrogen-bond acceptors (Lipinski definition) is 5. The van der Waals surface area contributed by atoms with E-state index in [0.29, 0.717) is 30.3 Å². The van der Waals surface area contributed by atoms with E-state index in [1.165, 1.54) is 69.2 Å². The van der Waals surface area contributed by atoms with Crippen molar-refractivity contribution in [3.05, 3.63) is 72.3 Å². The summed E-state index contributed by atoms with van der Waals surface area (Å²) in [4.78, 5) is 12.3. The lowest BCUT2D eigenvalue weighted by Crippen LogP contribution is -2.13. The molecule has 3 aromatic carbocycles. The summed E-state index contributed by atoms with van der Waals surface area (Å²) in [6.45, 7) is 5.37. The third-order valence-electron chi connectivity index (χ3n) is 6.96. The highest BCUT2D eigenvalue weighted by Crippen LogP contribution is 2.31. The number of ether oxygens (including phenoxy) is 4. The molecule has 42 heavy (non-hydrogen) atoms. The molecule has 0 saturated carbocycles. The van der Waals surface area contributed by atoms with E-state index in [4.69, 9.17) is 18.9 Å². The minimum absolute atomic E-state index is 0.0901. The molecule has 3 aromatic rings. The number of halogens is 2. The average Bonchev–Trinajstić information content (AvgIpc) is 2.99. The second-order valence-electron chi connectivity index (χ2n) is 10.4. The van der Waals surface area contributed by atoms with Crippen molar-refractivity contribution in [1.29, 1.82) is 0 Å². The molecule has 0 heterocycles. The smallest absolute Gasteiger partial charge is 0.494 e. The zero-order chi connectivity index (χ0) is 30.0. The average molecular weight is 583 g/mol. The molecule has 0 aliphatic carbocycles. The Bertz CT molecular complexity index is 1200. The van der Waals surface area contributed by atoms with Gasteiger partial charge in [0.05, 0.1) is 13.2 Å². The topological polar surface area (TPSA) is 54.0 Å². The summed E-state index contributed by atoms with van der Waals surface area (Å²) in [6, 6.07) is 15.8. The Morgan fingerprint density at radius 1 is 0.548 bits per heavy atom. The summed E-state index contributed by atoms with van der Waals surface area (Å²) in [6.07, 6.45) is 12.8. The van der Waals surface area contributed by atoms with Gasteiger partial charge in [-0.1, -0.05) is 90.2 Å². The lowest BCUT2D eigenvalue weighted by molar-refractivity contribution is 0.152. The molecule has 0 unspecified atom stereocenters. The first kappa shape index (κ1) is 32.9. The number of rotatable bonds is 19. The van der Waals surface area contributed by atoms with Crippen molar-refractivity contribution in [2.24, 2.45) is 0 Å². The predicted molar refractivity (Wildman–Crippen MR) is 163 cm³/mol. The Morgan fingerprint density at radius 3 is 1.60 bits per heavy atom. The van der Waals surface area contributed by atoms with Gasteiger partial charge in [-0.3, -0.25) is 0 Å². The maximum Gasteiger partial charge on any atom is 0.519 e. The SMILES string of the molecule is CCCCCCCCOc1ccc(OC(=O)Oc2ccc(-c3ccc(OCCCCCCCC)c(F)c3F)cc2)cc1. The Kier molecular flexibility index (Phi) is 14.7. The molecule has 0 aromatic heterocycles. The molecule has 0 spiro atoms. The van der Waals surface area contributed by atoms with Gasteiger partial charge in [0.25, 0.3) is 0 Å². The van der Waals surface area contributed by atoms with Gasteiger partial charge in [0.1, 0.15) is 17.2 Å². The summed E-state index contributed by atoms with van der Waals surface area (Å²) in [5.41, 5.74) is 0.526. The van der Waals surface area contributed by atoms with Gasteiger partial charge < -0.3 is 18.9 Å². The molecule has 0 bridgehead atoms. The quantitative estimate of drug-likeness (QED) is 0.0799. The van der Waals surface area contributed by atoms with Gasteiger partial charge >= 0.3 is 6.16 Å². The third-order valence-corrected chi connectivity index (χ3v) is 6.96. The van der Waals surface area contributed by atoms with Crippen LogP contribution in [0.1, 0.15) is 90.9 Å². The Balaban J connectivity index is 1.43. The minimum atomic E-state index is -1.01. The van der Waals surface area contributed by atoms with Gasteiger partial charge in [-0.2, -0.15) is 4.39 Å². The van der Waals surface area contributed by atoms with Gasteiger partial charge in [-0.05, 0) is 66.9 Å². The van der Waals surface area contributed by atoms with Crippen LogP contribution in [-0.2, 0) is 0 Å². The van der Waals surface area contributed by atoms with E-state index in [1.54, 1.807) is 36.4 Å². The molecule has 0 N–H and O–H groups in total. The van der Waals surface area contributed by atoms with Crippen LogP contribution in [-0.4, -0.2) is 19.4 Å². The van der Waals surface area contributed by atoms with Crippen LogP contribution in [0.15, 0.2) is 60.7 Å². The van der Waals surface area contributed by atoms with Crippen LogP contribution in [0.2, 0.25) is 0 Å². The van der Waals surface area contributed by atoms with Crippen molar-refractivity contribution in [2.75, 3.05) is 13.2 Å². The standard InChI is InChI=1S/C35H44F2O5/c1-3-5-7-9-11-13-25-39-28-19-21-30(22-20-28)42-35(38)41-29-17-15-27(16-18-29)31-23-24-32(34(37)33(31)36)40-26-14-12-10-8-6-4-2/h15-24H,3-14,25-26H2,1-2H3. The first-order valence-corrected chi connectivity index (χ1v) is 15.4. The molecule has 0 amide bonds. The molecular weight excluding hydrogens is 538 g/mol. The van der Waals surface area contributed by atoms with Gasteiger partial charge in [0.2, 0.25) is 5.82 Å². The first-order chi connectivity index (χ1) is 20.5. The monoisotopic (exact) mass is 582 g/mol. The lowest BCUT2D eigenvalue weighted by Gasteiger charge is -2.11. The van der Waals surface area contributed by atoms with Gasteiger partial charge in [-0.25, -0.2) is 9.18 Å². The summed E-state index contributed by atoms with van der Waals surface area (Å²) in [5, 5.41) is 0. The molecule has 7 heteroatoms. The Hall–Kier alpha value is -3.61. The molecule has 0 aliphatic rings. The fourth-order valence-corrected chi connectivity index (χ4v) is 4.52. The van der Waals surface area contributed by atoms with Crippen molar-refractivity contribution in [2.45, 2.75) is 90.9 Å². The number of carbonyl (C=O) groups excluding carboxylic acids is 1. The summed E-state index contributed by atoms with van der Waals surface area (Å²) in [5.74, 6) is -0.850. The maximum atomic E-state index is 14.8. The molecule has 0 atom stereocenters. The van der Waals surface area contributed by atoms with E-state index in [2.05, 4.69) is 13.8 Å². The van der Waals surface area contributed by atoms with Crippen LogP contribution in [0.4, 0.5) is 13.6 Å². The van der Waals surface area contributed by atoms with E-state index < -0.39 is 17.8 Å². The summed E-state index contributed by atoms with van der Waals surface area (Å²) >= 11 is 0. The van der Waals surface area contributed by atoms with Crippen LogP contribution in [0.5, 0.6) is 23.0 Å². The van der Waals surface area contributed by atoms with Crippen molar-refractivity contribution >= 4 is 6.16 Å². The first-order valence-electron chi connectivity index (χ1n) is 15.4. The highest BCUT2D eigenvalue weighted by Gasteiger charge is 2.16. The molecule has 5 nitrogen and oxygen atoms in total. The van der Waals surface area contributed by atoms with Crippen LogP contribution >= 0.6 is 0 Å². The molecule has 3 rings (SSSR count). The molecule has 0 saturated heterocycles. The Morgan fingerprint density at radius 2 is 1.02 bits per heavy atom. The molecule has 0 fully saturated rings. The number of carbonyl (C=O) groups is 1. The fourth-order valence-electron chi connectivity index (χ4n) is 4.52. The van der Waals surface area contributed by atoms with Crippen LogP contribution in [0.3, 0.4) is 0 Å². The van der Waals surface area contributed by atoms with Crippen LogP contribution in [0, 0.1) is 11.6 Å². The zero-order valence-electron chi connectivity index (χ0n) is 25.0. The van der Waals surface area contributed by atoms with Crippen LogP contribution in [0.25, 0.3) is 11.1 Å². The molecule has 0 aliphatic heterocycles. The second kappa shape index (κ2) is 18.7. The Labute approximate surface area is 249 Å². The van der Waals surface area contributed by atoms with E-state index in [9.17, 15) is 13.6 Å². The van der Waals surface area contributed by atoms with Gasteiger partial charge in [-0.15, -0.1) is 0 Å². The van der Waals surface area contributed by atoms with E-state index in [-0.39, 0.29) is 17.1 Å². The maximum absolute atomic E-state index is 14.8. The normalized spacial score (nSPS) is 10.9. The third kappa shape index (κ3) is 11.3. The van der Waals surface area contributed by atoms with E-state index >= 15 is 0 Å². The zero-order valence-corrected chi connectivity index (χ0v) is 25.0. The second-order valence-corrected chi connectivity index (χ2v) is 10.4. The number of hydrogen-bond donors (Lipinski definition) is 0. The molecule has 228 valence electrons. The van der Waals surface area contributed by atoms with Crippen molar-refractivity contribution < 1.29 is 32.5 Å². The van der Waals surface area contributed by atoms with Crippen LogP contribution < -0.4 is 18.9 Å². The lowest BCUT2D eigenvalue weighted by atomic mass is 10.0. The van der Waals surface area contributed by atoms with Crippen molar-refractivity contribution in [1.82, 2.24) is 0 Å². The minimum Gasteiger partial charge on any atom is -0.494 e. The predicted octanol–water partition coefficient (Wildman–Crippen LogP) is 10.7. The summed E-state index contributed by atoms with van der Waals surface area (Å²) in [7, 11) is 0. The fraction of sp³-hybridized carbons (Fsp3) is 0.457. The largest absolute Gasteiger partial charge is 0.519 e. The highest BCUT2D eigenvalue weighted by molar-refractivity contribution is 5.69. The molecule has 0 radical (unpaired) electrons. The van der Waals surface area contributed by atoms with Crippen molar-refractivity contribution in [3.63, 3.8) is 0 Å². The van der Waals surface area contributed by atoms with Crippen molar-refractivity contribution in [3.8, 4) is 34.1 Å². The summed E-state index contributed by atoms with van der Waals surface area (Å²) < 4.78 is 51.2. The van der Waals surface area contributed by atoms with E-state index in [0.717, 1.165) is 32.1 Å². The highest BCUT2D eigenvalue weighted by atomic mass is 19.2. The van der Waals surface area contributed by atoms with E-state index in [1.807, 2.05) is 0 Å². The number of unbranched alkanes of at least 4 members (excludes halogenated alkanes) is 10. The number of benzene rings is 3. The molecular formula is C35H44F2O5. The van der Waals surface area contributed by atoms with Gasteiger partial charge in [0.15, 0.2) is 11.6 Å².